The quantitative estimate of drug-likeness (QED) is 0.421. The van der Waals surface area contributed by atoms with Crippen LogP contribution in [0.5, 0.6) is 0 Å². The van der Waals surface area contributed by atoms with E-state index in [1.54, 1.807) is 13.0 Å². The maximum absolute atomic E-state index is 14.5. The number of nitrogens with one attached hydrogen (secondary N) is 1. The molecule has 2 aliphatic rings. The first kappa shape index (κ1) is 22.8. The van der Waals surface area contributed by atoms with Crippen molar-refractivity contribution in [2.24, 2.45) is 5.41 Å². The summed E-state index contributed by atoms with van der Waals surface area (Å²) in [5, 5.41) is 25.7. The molecule has 2 bridgehead atoms. The zero-order chi connectivity index (χ0) is 25.2. The number of benzene rings is 1. The van der Waals surface area contributed by atoms with Gasteiger partial charge in [-0.2, -0.15) is 10.2 Å². The number of aromatic nitrogens is 6. The van der Waals surface area contributed by atoms with Crippen LogP contribution in [0.25, 0.3) is 22.8 Å². The van der Waals surface area contributed by atoms with Crippen molar-refractivity contribution in [2.75, 3.05) is 0 Å². The third kappa shape index (κ3) is 3.15. The van der Waals surface area contributed by atoms with E-state index in [4.69, 9.17) is 4.98 Å². The first-order valence-electron chi connectivity index (χ1n) is 12.1. The number of halogens is 2. The smallest absolute Gasteiger partial charge is 0.174 e. The molecule has 2 N–H and O–H groups in total. The van der Waals surface area contributed by atoms with E-state index in [-0.39, 0.29) is 22.6 Å². The van der Waals surface area contributed by atoms with E-state index in [1.165, 1.54) is 18.2 Å². The highest BCUT2D eigenvalue weighted by atomic mass is 19.1. The van der Waals surface area contributed by atoms with Gasteiger partial charge in [-0.05, 0) is 67.0 Å². The second-order valence-electron chi connectivity index (χ2n) is 10.4. The molecule has 9 heteroatoms. The van der Waals surface area contributed by atoms with Crippen LogP contribution in [0, 0.1) is 17.0 Å². The lowest BCUT2D eigenvalue weighted by Gasteiger charge is -2.37. The maximum atomic E-state index is 14.5. The molecular formula is C27H26F2N6O. The molecule has 0 spiro atoms. The monoisotopic (exact) mass is 488 g/mol. The Hall–Kier alpha value is -3.59. The molecule has 1 unspecified atom stereocenters. The topological polar surface area (TPSA) is 100 Å². The van der Waals surface area contributed by atoms with Crippen molar-refractivity contribution < 1.29 is 13.9 Å². The minimum atomic E-state index is -0.655. The van der Waals surface area contributed by atoms with Crippen molar-refractivity contribution in [1.82, 2.24) is 30.4 Å². The van der Waals surface area contributed by atoms with Gasteiger partial charge < -0.3 is 5.11 Å². The Bertz CT molecular complexity index is 1460. The Morgan fingerprint density at radius 1 is 1.06 bits per heavy atom. The summed E-state index contributed by atoms with van der Waals surface area (Å²) >= 11 is 0. The standard InChI is InChI=1S/C27H26F2N6O/c1-14(36)12-22-31-25(35-33-22)19-8-5-9-21(30-19)27-11-10-16(26(27,2)3)15-13-20(32-34-24(15)27)23-17(28)6-4-7-18(23)29/h4-9,13-14,16,36H,10-12H2,1-3H3,(H,31,33,35)/t14-,16+,27?/m1/s1. The molecule has 1 saturated carbocycles. The number of aliphatic hydroxyl groups excluding tert-OH is 1. The Morgan fingerprint density at radius 3 is 2.56 bits per heavy atom. The average Bonchev–Trinajstić information content (AvgIpc) is 3.46. The molecule has 3 heterocycles. The molecule has 0 aliphatic heterocycles. The second kappa shape index (κ2) is 7.96. The van der Waals surface area contributed by atoms with Gasteiger partial charge >= 0.3 is 0 Å². The molecule has 3 atom stereocenters. The lowest BCUT2D eigenvalue weighted by atomic mass is 9.66. The Morgan fingerprint density at radius 2 is 1.81 bits per heavy atom. The van der Waals surface area contributed by atoms with Gasteiger partial charge in [0.1, 0.15) is 17.3 Å². The van der Waals surface area contributed by atoms with Crippen LogP contribution in [0.15, 0.2) is 42.5 Å². The van der Waals surface area contributed by atoms with Crippen LogP contribution < -0.4 is 0 Å². The van der Waals surface area contributed by atoms with E-state index in [9.17, 15) is 13.9 Å². The highest BCUT2D eigenvalue weighted by molar-refractivity contribution is 5.64. The molecule has 0 radical (unpaired) electrons. The second-order valence-corrected chi connectivity index (χ2v) is 10.4. The fourth-order valence-electron chi connectivity index (χ4n) is 6.33. The van der Waals surface area contributed by atoms with E-state index in [0.29, 0.717) is 23.8 Å². The first-order valence-corrected chi connectivity index (χ1v) is 12.1. The minimum Gasteiger partial charge on any atom is -0.393 e. The Labute approximate surface area is 207 Å². The molecule has 36 heavy (non-hydrogen) atoms. The number of aliphatic hydroxyl groups is 1. The highest BCUT2D eigenvalue weighted by Gasteiger charge is 2.65. The Balaban J connectivity index is 1.46. The summed E-state index contributed by atoms with van der Waals surface area (Å²) in [5.41, 5.74) is 2.63. The van der Waals surface area contributed by atoms with Crippen molar-refractivity contribution in [3.05, 3.63) is 76.9 Å². The molecule has 1 aromatic carbocycles. The molecule has 4 aromatic rings. The van der Waals surface area contributed by atoms with Gasteiger partial charge in [-0.25, -0.2) is 18.7 Å². The van der Waals surface area contributed by atoms with Crippen LogP contribution in [-0.2, 0) is 11.8 Å². The van der Waals surface area contributed by atoms with Gasteiger partial charge in [0, 0.05) is 6.42 Å². The molecule has 1 fully saturated rings. The van der Waals surface area contributed by atoms with Crippen LogP contribution in [0.3, 0.4) is 0 Å². The van der Waals surface area contributed by atoms with Crippen molar-refractivity contribution >= 4 is 0 Å². The number of hydrogen-bond acceptors (Lipinski definition) is 6. The van der Waals surface area contributed by atoms with Gasteiger partial charge in [0.15, 0.2) is 11.6 Å². The van der Waals surface area contributed by atoms with Crippen molar-refractivity contribution in [3.8, 4) is 22.8 Å². The zero-order valence-corrected chi connectivity index (χ0v) is 20.3. The number of fused-ring (bicyclic) bond motifs is 5. The van der Waals surface area contributed by atoms with Gasteiger partial charge in [-0.3, -0.25) is 5.10 Å². The predicted octanol–water partition coefficient (Wildman–Crippen LogP) is 4.73. The predicted molar refractivity (Wildman–Crippen MR) is 129 cm³/mol. The summed E-state index contributed by atoms with van der Waals surface area (Å²) in [4.78, 5) is 9.51. The van der Waals surface area contributed by atoms with Crippen LogP contribution in [0.2, 0.25) is 0 Å². The van der Waals surface area contributed by atoms with Gasteiger partial charge in [-0.1, -0.05) is 26.0 Å². The van der Waals surface area contributed by atoms with Crippen molar-refractivity contribution in [2.45, 2.75) is 57.5 Å². The summed E-state index contributed by atoms with van der Waals surface area (Å²) in [7, 11) is 0. The largest absolute Gasteiger partial charge is 0.393 e. The number of hydrogen-bond donors (Lipinski definition) is 2. The fraction of sp³-hybridized carbons (Fsp3) is 0.370. The molecule has 6 rings (SSSR count). The summed E-state index contributed by atoms with van der Waals surface area (Å²) < 4.78 is 29.0. The Kier molecular flexibility index (Phi) is 5.05. The van der Waals surface area contributed by atoms with Gasteiger partial charge in [0.05, 0.1) is 34.2 Å². The third-order valence-electron chi connectivity index (χ3n) is 8.04. The minimum absolute atomic E-state index is 0.152. The number of aromatic amines is 1. The number of pyridine rings is 1. The zero-order valence-electron chi connectivity index (χ0n) is 20.3. The van der Waals surface area contributed by atoms with Crippen molar-refractivity contribution in [3.63, 3.8) is 0 Å². The molecular weight excluding hydrogens is 462 g/mol. The summed E-state index contributed by atoms with van der Waals surface area (Å²) in [6.45, 7) is 6.11. The van der Waals surface area contributed by atoms with E-state index in [2.05, 4.69) is 39.2 Å². The SMILES string of the molecule is C[C@@H](O)Cc1n[nH]c(-c2cccc(C34CC[C@@H](c5cc(-c6c(F)cccc6F)nnc53)C4(C)C)n2)n1. The van der Waals surface area contributed by atoms with E-state index in [0.717, 1.165) is 29.8 Å². The maximum Gasteiger partial charge on any atom is 0.174 e. The summed E-state index contributed by atoms with van der Waals surface area (Å²) in [6, 6.07) is 11.4. The lowest BCUT2D eigenvalue weighted by Crippen LogP contribution is -2.37. The average molecular weight is 489 g/mol. The van der Waals surface area contributed by atoms with Gasteiger partial charge in [0.25, 0.3) is 0 Å². The van der Waals surface area contributed by atoms with E-state index < -0.39 is 23.2 Å². The van der Waals surface area contributed by atoms with E-state index >= 15 is 0 Å². The molecule has 3 aromatic heterocycles. The van der Waals surface area contributed by atoms with Crippen LogP contribution in [-0.4, -0.2) is 41.6 Å². The highest BCUT2D eigenvalue weighted by Crippen LogP contribution is 2.69. The third-order valence-corrected chi connectivity index (χ3v) is 8.04. The molecule has 7 nitrogen and oxygen atoms in total. The summed E-state index contributed by atoms with van der Waals surface area (Å²) in [5.74, 6) is -0.0944. The molecule has 184 valence electrons. The molecule has 0 saturated heterocycles. The number of nitrogens with zero attached hydrogens (tertiary/aromatic N) is 5. The lowest BCUT2D eigenvalue weighted by molar-refractivity contribution is 0.193. The van der Waals surface area contributed by atoms with E-state index in [1.807, 2.05) is 18.2 Å². The molecule has 0 amide bonds. The van der Waals surface area contributed by atoms with Crippen LogP contribution in [0.4, 0.5) is 8.78 Å². The normalized spacial score (nSPS) is 22.6. The first-order chi connectivity index (χ1) is 17.2. The number of rotatable bonds is 5. The van der Waals surface area contributed by atoms with Crippen molar-refractivity contribution in [1.29, 1.82) is 0 Å². The fourth-order valence-corrected chi connectivity index (χ4v) is 6.33. The molecule has 2 aliphatic carbocycles. The van der Waals surface area contributed by atoms with Crippen LogP contribution >= 0.6 is 0 Å². The van der Waals surface area contributed by atoms with Gasteiger partial charge in [0.2, 0.25) is 0 Å². The van der Waals surface area contributed by atoms with Gasteiger partial charge in [-0.15, -0.1) is 5.10 Å². The number of H-pyrrole nitrogens is 1. The van der Waals surface area contributed by atoms with Crippen LogP contribution in [0.1, 0.15) is 62.3 Å². The summed E-state index contributed by atoms with van der Waals surface area (Å²) in [6.07, 6.45) is 1.57.